The van der Waals surface area contributed by atoms with Gasteiger partial charge in [0.15, 0.2) is 22.9 Å². The van der Waals surface area contributed by atoms with Crippen LogP contribution in [0.15, 0.2) is 97.3 Å². The van der Waals surface area contributed by atoms with Gasteiger partial charge in [-0.25, -0.2) is 33.5 Å². The minimum absolute atomic E-state index is 0.0677. The molecule has 1 fully saturated rings. The Morgan fingerprint density at radius 3 is 1.84 bits per heavy atom. The van der Waals surface area contributed by atoms with Gasteiger partial charge in [-0.15, -0.1) is 0 Å². The lowest BCUT2D eigenvalue weighted by molar-refractivity contribution is 0.0951. The van der Waals surface area contributed by atoms with Gasteiger partial charge in [-0.3, -0.25) is 13.6 Å². The fourth-order valence-corrected chi connectivity index (χ4v) is 6.82. The van der Waals surface area contributed by atoms with Crippen LogP contribution in [0.3, 0.4) is 0 Å². The Morgan fingerprint density at radius 2 is 1.32 bits per heavy atom. The van der Waals surface area contributed by atoms with Crippen molar-refractivity contribution in [2.45, 2.75) is 31.4 Å². The Morgan fingerprint density at radius 1 is 0.774 bits per heavy atom. The molecule has 0 bridgehead atoms. The van der Waals surface area contributed by atoms with Crippen LogP contribution in [-0.4, -0.2) is 101 Å². The molecule has 0 aliphatic heterocycles. The van der Waals surface area contributed by atoms with E-state index in [4.69, 9.17) is 10.2 Å². The van der Waals surface area contributed by atoms with Gasteiger partial charge in [0.2, 0.25) is 0 Å². The second kappa shape index (κ2) is 18.1. The summed E-state index contributed by atoms with van der Waals surface area (Å²) >= 11 is 0. The van der Waals surface area contributed by atoms with E-state index < -0.39 is 11.9 Å². The van der Waals surface area contributed by atoms with E-state index in [-0.39, 0.29) is 43.6 Å². The normalized spacial score (nSPS) is 12.9. The lowest BCUT2D eigenvalue weighted by atomic mass is 10.1. The van der Waals surface area contributed by atoms with Crippen molar-refractivity contribution in [1.29, 1.82) is 0 Å². The zero-order chi connectivity index (χ0) is 43.3. The molecule has 4 aromatic heterocycles. The number of hydrogen-bond acceptors (Lipinski definition) is 11. The van der Waals surface area contributed by atoms with E-state index in [0.717, 1.165) is 29.7 Å². The predicted molar refractivity (Wildman–Crippen MR) is 232 cm³/mol. The average molecular weight is 844 g/mol. The number of carbonyl (C=O) groups excluding carboxylic acids is 2. The van der Waals surface area contributed by atoms with Crippen molar-refractivity contribution in [3.8, 4) is 22.5 Å². The Labute approximate surface area is 352 Å². The second-order valence-corrected chi connectivity index (χ2v) is 14.6. The number of anilines is 3. The second-order valence-electron chi connectivity index (χ2n) is 14.6. The molecular weight excluding hydrogens is 801 g/mol. The first-order valence-corrected chi connectivity index (χ1v) is 20.0. The monoisotopic (exact) mass is 843 g/mol. The van der Waals surface area contributed by atoms with Gasteiger partial charge in [-0.05, 0) is 67.8 Å². The average Bonchev–Trinajstić information content (AvgIpc) is 3.79. The summed E-state index contributed by atoms with van der Waals surface area (Å²) in [5, 5.41) is 42.2. The topological polar surface area (TPSA) is 215 Å². The molecule has 0 spiro atoms. The van der Waals surface area contributed by atoms with Crippen LogP contribution in [0, 0.1) is 11.6 Å². The number of imidazole rings is 2. The molecule has 18 heteroatoms. The number of benzene rings is 4. The summed E-state index contributed by atoms with van der Waals surface area (Å²) in [6.07, 6.45) is 5.03. The maximum atomic E-state index is 14.1. The first kappa shape index (κ1) is 41.5. The molecular formula is C44H43F2N11O5. The summed E-state index contributed by atoms with van der Waals surface area (Å²) in [7, 11) is 1.55. The van der Waals surface area contributed by atoms with Gasteiger partial charge in [0.25, 0.3) is 5.91 Å². The number of nitrogens with one attached hydrogen (secondary N) is 5. The van der Waals surface area contributed by atoms with Crippen LogP contribution in [0.2, 0.25) is 0 Å². The van der Waals surface area contributed by atoms with Crippen molar-refractivity contribution in [1.82, 2.24) is 39.4 Å². The third-order valence-corrected chi connectivity index (χ3v) is 10.1. The standard InChI is InChI=1S/C23H22FN5O3.C21H21FN6O2/c24-15-5-8-18-19(9-15)29-20(11-26-22(29)21(28-18)25-10-17(31)12-30)13-1-3-14(4-2-13)23(32)27-16-6-7-16;1-23-21(30)26-15-6-3-13(4-7-15)18-12-25-20-19(24-9-2-10-29)27-16-8-5-14(22)11-17(16)28(18)20/h1-5,8-9,11,16-17,30-31H,6-7,10,12H2,(H,25,28)(H,27,32);3-8,11-12,29H,2,9-10H2,1H3,(H,24,27)(H2,23,26,30). The largest absolute Gasteiger partial charge is 0.396 e. The lowest BCUT2D eigenvalue weighted by Gasteiger charge is -2.13. The number of aliphatic hydroxyl groups is 3. The molecule has 1 atom stereocenters. The predicted octanol–water partition coefficient (Wildman–Crippen LogP) is 5.58. The molecule has 8 N–H and O–H groups in total. The molecule has 4 heterocycles. The summed E-state index contributed by atoms with van der Waals surface area (Å²) in [5.41, 5.74) is 7.66. The number of rotatable bonds is 13. The van der Waals surface area contributed by atoms with Crippen molar-refractivity contribution >= 4 is 62.6 Å². The van der Waals surface area contributed by atoms with E-state index in [2.05, 4.69) is 46.5 Å². The Kier molecular flexibility index (Phi) is 12.1. The molecule has 1 saturated carbocycles. The molecule has 1 unspecified atom stereocenters. The molecule has 1 aliphatic carbocycles. The fraction of sp³-hybridized carbons (Fsp3) is 0.227. The first-order chi connectivity index (χ1) is 30.1. The summed E-state index contributed by atoms with van der Waals surface area (Å²) in [6, 6.07) is 23.2. The highest BCUT2D eigenvalue weighted by molar-refractivity contribution is 5.95. The van der Waals surface area contributed by atoms with Crippen LogP contribution in [0.4, 0.5) is 30.9 Å². The number of amides is 3. The Bertz CT molecular complexity index is 2900. The van der Waals surface area contributed by atoms with E-state index in [1.807, 2.05) is 28.7 Å². The minimum atomic E-state index is -0.954. The Hall–Kier alpha value is -7.28. The highest BCUT2D eigenvalue weighted by atomic mass is 19.1. The van der Waals surface area contributed by atoms with Crippen molar-refractivity contribution in [2.24, 2.45) is 0 Å². The number of carbonyl (C=O) groups is 2. The number of urea groups is 1. The van der Waals surface area contributed by atoms with Gasteiger partial charge in [-0.2, -0.15) is 0 Å². The van der Waals surface area contributed by atoms with Gasteiger partial charge in [0.05, 0.1) is 58.6 Å². The molecule has 4 aromatic carbocycles. The van der Waals surface area contributed by atoms with Crippen molar-refractivity contribution in [3.05, 3.63) is 115 Å². The van der Waals surface area contributed by atoms with Crippen LogP contribution >= 0.6 is 0 Å². The van der Waals surface area contributed by atoms with Crippen LogP contribution in [-0.2, 0) is 0 Å². The van der Waals surface area contributed by atoms with Crippen LogP contribution in [0.1, 0.15) is 29.6 Å². The molecule has 1 aliphatic rings. The number of nitrogens with zero attached hydrogens (tertiary/aromatic N) is 6. The molecule has 318 valence electrons. The van der Waals surface area contributed by atoms with E-state index in [1.54, 1.807) is 60.2 Å². The maximum Gasteiger partial charge on any atom is 0.318 e. The molecule has 9 rings (SSSR count). The number of hydrogen-bond donors (Lipinski definition) is 8. The van der Waals surface area contributed by atoms with E-state index >= 15 is 0 Å². The van der Waals surface area contributed by atoms with Gasteiger partial charge in [0, 0.05) is 67.3 Å². The third-order valence-electron chi connectivity index (χ3n) is 10.1. The van der Waals surface area contributed by atoms with Crippen LogP contribution in [0.5, 0.6) is 0 Å². The zero-order valence-electron chi connectivity index (χ0n) is 33.4. The zero-order valence-corrected chi connectivity index (χ0v) is 33.4. The molecule has 0 saturated heterocycles. The fourth-order valence-electron chi connectivity index (χ4n) is 6.82. The highest BCUT2D eigenvalue weighted by Crippen LogP contribution is 2.31. The van der Waals surface area contributed by atoms with E-state index in [1.165, 1.54) is 24.3 Å². The number of aliphatic hydroxyl groups excluding tert-OH is 3. The third kappa shape index (κ3) is 8.92. The molecule has 0 radical (unpaired) electrons. The van der Waals surface area contributed by atoms with Gasteiger partial charge < -0.3 is 41.9 Å². The van der Waals surface area contributed by atoms with Crippen LogP contribution < -0.4 is 26.6 Å². The van der Waals surface area contributed by atoms with E-state index in [9.17, 15) is 23.5 Å². The molecule has 16 nitrogen and oxygen atoms in total. The lowest BCUT2D eigenvalue weighted by Crippen LogP contribution is -2.25. The highest BCUT2D eigenvalue weighted by Gasteiger charge is 2.24. The first-order valence-electron chi connectivity index (χ1n) is 20.0. The number of halogens is 2. The summed E-state index contributed by atoms with van der Waals surface area (Å²) < 4.78 is 31.7. The van der Waals surface area contributed by atoms with Gasteiger partial charge in [-0.1, -0.05) is 24.3 Å². The molecule has 62 heavy (non-hydrogen) atoms. The molecule has 3 amide bonds. The van der Waals surface area contributed by atoms with Gasteiger partial charge >= 0.3 is 6.03 Å². The summed E-state index contributed by atoms with van der Waals surface area (Å²) in [4.78, 5) is 41.9. The number of aromatic nitrogens is 6. The Balaban J connectivity index is 0.000000171. The van der Waals surface area contributed by atoms with Gasteiger partial charge in [0.1, 0.15) is 11.6 Å². The van der Waals surface area contributed by atoms with Crippen LogP contribution in [0.25, 0.3) is 55.9 Å². The summed E-state index contributed by atoms with van der Waals surface area (Å²) in [6.45, 7) is 0.299. The molecule has 8 aromatic rings. The van der Waals surface area contributed by atoms with Crippen molar-refractivity contribution < 1.29 is 33.7 Å². The SMILES string of the molecule is CNC(=O)Nc1ccc(-c2cnc3c(NCCCO)nc4ccc(F)cc4n23)cc1.O=C(NC1CC1)c1ccc(-c2cnc3c(NCC(O)CO)nc4ccc(F)cc4n23)cc1. The maximum absolute atomic E-state index is 14.1. The van der Waals surface area contributed by atoms with Crippen molar-refractivity contribution in [3.63, 3.8) is 0 Å². The smallest absolute Gasteiger partial charge is 0.318 e. The quantitative estimate of drug-likeness (QED) is 0.0671. The summed E-state index contributed by atoms with van der Waals surface area (Å²) in [5.74, 6) is 0.109. The number of fused-ring (bicyclic) bond motifs is 6. The van der Waals surface area contributed by atoms with E-state index in [0.29, 0.717) is 74.9 Å². The minimum Gasteiger partial charge on any atom is -0.396 e. The van der Waals surface area contributed by atoms with Crippen molar-refractivity contribution in [2.75, 3.05) is 49.3 Å².